The molecule has 11 heteroatoms. The number of ether oxygens (including phenoxy) is 2. The molecule has 1 aliphatic carbocycles. The molecule has 32 heavy (non-hydrogen) atoms. The first-order valence-electron chi connectivity index (χ1n) is 11.4. The second-order valence-electron chi connectivity index (χ2n) is 8.44. The number of nitrogens with one attached hydrogen (secondary N) is 3. The van der Waals surface area contributed by atoms with Crippen LogP contribution in [-0.4, -0.2) is 65.6 Å². The van der Waals surface area contributed by atoms with Gasteiger partial charge in [0.15, 0.2) is 0 Å². The zero-order chi connectivity index (χ0) is 22.9. The summed E-state index contributed by atoms with van der Waals surface area (Å²) in [5.74, 6) is 0.402. The number of halogens is 1. The number of nitrogens with zero attached hydrogens (tertiary/aromatic N) is 1. The number of carbonyl (C=O) groups is 1. The van der Waals surface area contributed by atoms with Crippen molar-refractivity contribution in [2.24, 2.45) is 5.92 Å². The van der Waals surface area contributed by atoms with Crippen LogP contribution in [0, 0.1) is 5.92 Å². The Labute approximate surface area is 195 Å². The normalized spacial score (nSPS) is 24.0. The Bertz CT molecular complexity index is 853. The number of hydrogen-bond donors (Lipinski definition) is 4. The van der Waals surface area contributed by atoms with Gasteiger partial charge in [-0.3, -0.25) is 19.1 Å². The Hall–Kier alpha value is -1.53. The summed E-state index contributed by atoms with van der Waals surface area (Å²) in [6.45, 7) is 2.11. The molecule has 2 heterocycles. The fourth-order valence-corrected chi connectivity index (χ4v) is 4.64. The van der Waals surface area contributed by atoms with Gasteiger partial charge in [0.2, 0.25) is 0 Å². The van der Waals surface area contributed by atoms with Crippen LogP contribution in [0.1, 0.15) is 51.2 Å². The van der Waals surface area contributed by atoms with Gasteiger partial charge in [-0.2, -0.15) is 0 Å². The first-order valence-corrected chi connectivity index (χ1v) is 12.2. The molecular formula is C21H33BrN4O6. The molecule has 2 fully saturated rings. The van der Waals surface area contributed by atoms with Crippen molar-refractivity contribution in [3.05, 3.63) is 31.5 Å². The van der Waals surface area contributed by atoms with Gasteiger partial charge in [0, 0.05) is 25.7 Å². The third-order valence-electron chi connectivity index (χ3n) is 6.08. The van der Waals surface area contributed by atoms with Gasteiger partial charge in [-0.05, 0) is 34.8 Å². The minimum Gasteiger partial charge on any atom is -0.458 e. The minimum absolute atomic E-state index is 0.0494. The Morgan fingerprint density at radius 2 is 1.97 bits per heavy atom. The standard InChI is InChI=1S/C21H33BrN4O6/c22-15-12-26(21(30)25-20(15)29)18-10-16(17(13-27)31-18)32-19(28)11-24-9-8-23-7-6-14-4-2-1-3-5-14/h12,14,16-18,23-24,27H,1-11,13H2,(H,25,29,30)/t16-,17+,18+/m0/s1. The number of esters is 1. The number of H-pyrrole nitrogens is 1. The molecule has 0 radical (unpaired) electrons. The van der Waals surface area contributed by atoms with E-state index in [1.54, 1.807) is 0 Å². The Kier molecular flexibility index (Phi) is 9.92. The van der Waals surface area contributed by atoms with Crippen molar-refractivity contribution in [2.75, 3.05) is 32.8 Å². The molecule has 1 saturated heterocycles. The average molecular weight is 517 g/mol. The maximum Gasteiger partial charge on any atom is 0.330 e. The summed E-state index contributed by atoms with van der Waals surface area (Å²) < 4.78 is 12.5. The van der Waals surface area contributed by atoms with Crippen molar-refractivity contribution in [1.82, 2.24) is 20.2 Å². The van der Waals surface area contributed by atoms with Gasteiger partial charge in [0.25, 0.3) is 5.56 Å². The highest BCUT2D eigenvalue weighted by Gasteiger charge is 2.39. The zero-order valence-electron chi connectivity index (χ0n) is 18.2. The highest BCUT2D eigenvalue weighted by Crippen LogP contribution is 2.30. The van der Waals surface area contributed by atoms with Crippen LogP contribution < -0.4 is 21.9 Å². The van der Waals surface area contributed by atoms with Crippen LogP contribution in [0.2, 0.25) is 0 Å². The number of rotatable bonds is 11. The summed E-state index contributed by atoms with van der Waals surface area (Å²) in [4.78, 5) is 38.0. The zero-order valence-corrected chi connectivity index (χ0v) is 19.8. The molecule has 0 amide bonds. The van der Waals surface area contributed by atoms with Crippen LogP contribution in [0.4, 0.5) is 0 Å². The Morgan fingerprint density at radius 1 is 1.22 bits per heavy atom. The topological polar surface area (TPSA) is 135 Å². The fraction of sp³-hybridized carbons (Fsp3) is 0.762. The summed E-state index contributed by atoms with van der Waals surface area (Å²) in [5, 5.41) is 16.0. The van der Waals surface area contributed by atoms with Gasteiger partial charge < -0.3 is 25.2 Å². The van der Waals surface area contributed by atoms with Gasteiger partial charge >= 0.3 is 11.7 Å². The molecule has 0 unspecified atom stereocenters. The molecule has 0 bridgehead atoms. The maximum absolute atomic E-state index is 12.2. The molecule has 0 aromatic carbocycles. The molecule has 3 atom stereocenters. The SMILES string of the molecule is O=C(CNCCNCCC1CCCCC1)O[C@H]1C[C@H](n2cc(Br)c(=O)[nH]c2=O)O[C@@H]1CO. The Morgan fingerprint density at radius 3 is 2.72 bits per heavy atom. The number of carbonyl (C=O) groups excluding carboxylic acids is 1. The van der Waals surface area contributed by atoms with Gasteiger partial charge in [0.1, 0.15) is 18.4 Å². The van der Waals surface area contributed by atoms with E-state index in [9.17, 15) is 19.5 Å². The summed E-state index contributed by atoms with van der Waals surface area (Å²) in [6, 6.07) is 0. The van der Waals surface area contributed by atoms with Crippen molar-refractivity contribution in [3.8, 4) is 0 Å². The number of aliphatic hydroxyl groups is 1. The predicted octanol–water partition coefficient (Wildman–Crippen LogP) is 0.640. The number of aromatic amines is 1. The molecule has 1 saturated carbocycles. The van der Waals surface area contributed by atoms with E-state index in [4.69, 9.17) is 9.47 Å². The summed E-state index contributed by atoms with van der Waals surface area (Å²) in [7, 11) is 0. The van der Waals surface area contributed by atoms with E-state index in [0.717, 1.165) is 19.0 Å². The van der Waals surface area contributed by atoms with Crippen molar-refractivity contribution >= 4 is 21.9 Å². The van der Waals surface area contributed by atoms with Crippen LogP contribution in [-0.2, 0) is 14.3 Å². The third kappa shape index (κ3) is 7.24. The lowest BCUT2D eigenvalue weighted by atomic mass is 9.87. The predicted molar refractivity (Wildman–Crippen MR) is 121 cm³/mol. The molecule has 1 aromatic heterocycles. The van der Waals surface area contributed by atoms with E-state index in [1.807, 2.05) is 0 Å². The smallest absolute Gasteiger partial charge is 0.330 e. The van der Waals surface area contributed by atoms with E-state index in [2.05, 4.69) is 31.5 Å². The highest BCUT2D eigenvalue weighted by molar-refractivity contribution is 9.10. The van der Waals surface area contributed by atoms with Crippen molar-refractivity contribution < 1.29 is 19.4 Å². The average Bonchev–Trinajstić information content (AvgIpc) is 3.18. The summed E-state index contributed by atoms with van der Waals surface area (Å²) >= 11 is 3.08. The number of aliphatic hydroxyl groups excluding tert-OH is 1. The minimum atomic E-state index is -0.757. The molecular weight excluding hydrogens is 484 g/mol. The fourth-order valence-electron chi connectivity index (χ4n) is 4.32. The number of hydrogen-bond acceptors (Lipinski definition) is 8. The van der Waals surface area contributed by atoms with Crippen molar-refractivity contribution in [2.45, 2.75) is 63.4 Å². The summed E-state index contributed by atoms with van der Waals surface area (Å²) in [6.07, 6.45) is 7.32. The first-order chi connectivity index (χ1) is 15.5. The Balaban J connectivity index is 1.35. The second-order valence-corrected chi connectivity index (χ2v) is 9.29. The highest BCUT2D eigenvalue weighted by atomic mass is 79.9. The quantitative estimate of drug-likeness (QED) is 0.248. The lowest BCUT2D eigenvalue weighted by molar-refractivity contribution is -0.152. The molecule has 10 nitrogen and oxygen atoms in total. The summed E-state index contributed by atoms with van der Waals surface area (Å²) in [5.41, 5.74) is -1.18. The van der Waals surface area contributed by atoms with Crippen LogP contribution in [0.5, 0.6) is 0 Å². The van der Waals surface area contributed by atoms with Gasteiger partial charge in [-0.1, -0.05) is 32.1 Å². The van der Waals surface area contributed by atoms with E-state index >= 15 is 0 Å². The lowest BCUT2D eigenvalue weighted by Gasteiger charge is -2.21. The molecule has 2 aliphatic rings. The van der Waals surface area contributed by atoms with Gasteiger partial charge in [-0.15, -0.1) is 0 Å². The first kappa shape index (κ1) is 25.1. The van der Waals surface area contributed by atoms with Crippen LogP contribution in [0.3, 0.4) is 0 Å². The molecule has 3 rings (SSSR count). The van der Waals surface area contributed by atoms with Gasteiger partial charge in [0.05, 0.1) is 17.6 Å². The van der Waals surface area contributed by atoms with E-state index < -0.39 is 35.7 Å². The van der Waals surface area contributed by atoms with Crippen LogP contribution in [0.25, 0.3) is 0 Å². The van der Waals surface area contributed by atoms with Crippen LogP contribution in [0.15, 0.2) is 20.3 Å². The van der Waals surface area contributed by atoms with E-state index in [-0.39, 0.29) is 24.0 Å². The maximum atomic E-state index is 12.2. The molecule has 1 aromatic rings. The molecule has 1 aliphatic heterocycles. The van der Waals surface area contributed by atoms with Gasteiger partial charge in [-0.25, -0.2) is 4.79 Å². The second kappa shape index (κ2) is 12.6. The molecule has 4 N–H and O–H groups in total. The molecule has 180 valence electrons. The van der Waals surface area contributed by atoms with E-state index in [0.29, 0.717) is 6.54 Å². The monoisotopic (exact) mass is 516 g/mol. The van der Waals surface area contributed by atoms with E-state index in [1.165, 1.54) is 49.3 Å². The number of aromatic nitrogens is 2. The van der Waals surface area contributed by atoms with Crippen molar-refractivity contribution in [3.63, 3.8) is 0 Å². The van der Waals surface area contributed by atoms with Crippen LogP contribution >= 0.6 is 15.9 Å². The third-order valence-corrected chi connectivity index (χ3v) is 6.64. The lowest BCUT2D eigenvalue weighted by Crippen LogP contribution is -2.36. The largest absolute Gasteiger partial charge is 0.458 e. The van der Waals surface area contributed by atoms with Crippen molar-refractivity contribution in [1.29, 1.82) is 0 Å². The molecule has 0 spiro atoms.